The molecule has 0 unspecified atom stereocenters. The minimum absolute atomic E-state index is 0.0216. The number of hydrogen-bond acceptors (Lipinski definition) is 3. The van der Waals surface area contributed by atoms with Gasteiger partial charge in [-0.1, -0.05) is 17.7 Å². The maximum atomic E-state index is 12.4. The van der Waals surface area contributed by atoms with Gasteiger partial charge in [0.05, 0.1) is 5.69 Å². The average molecular weight is 240 g/mol. The van der Waals surface area contributed by atoms with Gasteiger partial charge in [-0.15, -0.1) is 0 Å². The molecule has 92 valence electrons. The Morgan fingerprint density at radius 2 is 2.00 bits per heavy atom. The summed E-state index contributed by atoms with van der Waals surface area (Å²) in [6.07, 6.45) is 1.63. The first-order valence-electron chi connectivity index (χ1n) is 5.89. The molecule has 0 aliphatic carbocycles. The molecule has 0 aliphatic rings. The van der Waals surface area contributed by atoms with Gasteiger partial charge < -0.3 is 5.73 Å². The van der Waals surface area contributed by atoms with Crippen molar-refractivity contribution < 1.29 is 4.79 Å². The standard InChI is InChI=1S/C15H16N2O/c1-10-3-4-11(2)14(7-10)15(18)12-5-6-17-13(8-12)9-16/h3-8H,9,16H2,1-2H3. The van der Waals surface area contributed by atoms with Crippen LogP contribution in [-0.4, -0.2) is 10.8 Å². The maximum Gasteiger partial charge on any atom is 0.193 e. The number of rotatable bonds is 3. The highest BCUT2D eigenvalue weighted by atomic mass is 16.1. The molecule has 3 heteroatoms. The van der Waals surface area contributed by atoms with Crippen molar-refractivity contribution in [3.8, 4) is 0 Å². The zero-order valence-electron chi connectivity index (χ0n) is 10.6. The number of aryl methyl sites for hydroxylation is 2. The Labute approximate surface area is 107 Å². The Morgan fingerprint density at radius 1 is 1.22 bits per heavy atom. The van der Waals surface area contributed by atoms with Gasteiger partial charge in [-0.05, 0) is 37.6 Å². The number of benzene rings is 1. The summed E-state index contributed by atoms with van der Waals surface area (Å²) in [6.45, 7) is 4.26. The lowest BCUT2D eigenvalue weighted by Gasteiger charge is -2.07. The number of carbonyl (C=O) groups excluding carboxylic acids is 1. The van der Waals surface area contributed by atoms with Crippen LogP contribution in [0.5, 0.6) is 0 Å². The van der Waals surface area contributed by atoms with Crippen LogP contribution in [0.2, 0.25) is 0 Å². The Hall–Kier alpha value is -2.00. The molecule has 2 N–H and O–H groups in total. The van der Waals surface area contributed by atoms with Crippen molar-refractivity contribution in [1.82, 2.24) is 4.98 Å². The third-order valence-electron chi connectivity index (χ3n) is 2.93. The summed E-state index contributed by atoms with van der Waals surface area (Å²) in [4.78, 5) is 16.5. The monoisotopic (exact) mass is 240 g/mol. The van der Waals surface area contributed by atoms with Crippen molar-refractivity contribution >= 4 is 5.78 Å². The van der Waals surface area contributed by atoms with Crippen molar-refractivity contribution in [3.05, 3.63) is 64.5 Å². The van der Waals surface area contributed by atoms with E-state index in [0.717, 1.165) is 22.4 Å². The van der Waals surface area contributed by atoms with E-state index in [1.165, 1.54) is 0 Å². The van der Waals surface area contributed by atoms with Gasteiger partial charge >= 0.3 is 0 Å². The lowest BCUT2D eigenvalue weighted by atomic mass is 9.97. The van der Waals surface area contributed by atoms with Crippen LogP contribution in [0.25, 0.3) is 0 Å². The highest BCUT2D eigenvalue weighted by Crippen LogP contribution is 2.16. The van der Waals surface area contributed by atoms with E-state index in [0.29, 0.717) is 12.1 Å². The molecule has 2 aromatic rings. The summed E-state index contributed by atoms with van der Waals surface area (Å²) in [5.41, 5.74) is 9.71. The van der Waals surface area contributed by atoms with Crippen molar-refractivity contribution in [1.29, 1.82) is 0 Å². The molecular weight excluding hydrogens is 224 g/mol. The van der Waals surface area contributed by atoms with Crippen LogP contribution in [0.1, 0.15) is 32.7 Å². The number of nitrogens with zero attached hydrogens (tertiary/aromatic N) is 1. The average Bonchev–Trinajstić information content (AvgIpc) is 2.41. The minimum Gasteiger partial charge on any atom is -0.325 e. The highest BCUT2D eigenvalue weighted by Gasteiger charge is 2.12. The second-order valence-corrected chi connectivity index (χ2v) is 4.39. The fourth-order valence-corrected chi connectivity index (χ4v) is 1.87. The van der Waals surface area contributed by atoms with Crippen molar-refractivity contribution in [2.24, 2.45) is 5.73 Å². The molecule has 0 atom stereocenters. The normalized spacial score (nSPS) is 10.4. The van der Waals surface area contributed by atoms with E-state index in [2.05, 4.69) is 4.98 Å². The second-order valence-electron chi connectivity index (χ2n) is 4.39. The van der Waals surface area contributed by atoms with Crippen LogP contribution in [0, 0.1) is 13.8 Å². The quantitative estimate of drug-likeness (QED) is 0.838. The molecule has 1 aromatic heterocycles. The molecule has 0 saturated carbocycles. The Kier molecular flexibility index (Phi) is 3.53. The largest absolute Gasteiger partial charge is 0.325 e. The molecular formula is C15H16N2O. The van der Waals surface area contributed by atoms with Crippen LogP contribution in [-0.2, 0) is 6.54 Å². The van der Waals surface area contributed by atoms with E-state index in [-0.39, 0.29) is 5.78 Å². The Bertz CT molecular complexity index is 591. The molecule has 2 rings (SSSR count). The van der Waals surface area contributed by atoms with Gasteiger partial charge in [0.15, 0.2) is 5.78 Å². The van der Waals surface area contributed by atoms with E-state index >= 15 is 0 Å². The number of carbonyl (C=O) groups is 1. The summed E-state index contributed by atoms with van der Waals surface area (Å²) in [7, 11) is 0. The van der Waals surface area contributed by atoms with Gasteiger partial charge in [0.1, 0.15) is 0 Å². The van der Waals surface area contributed by atoms with Crippen LogP contribution < -0.4 is 5.73 Å². The molecule has 0 amide bonds. The van der Waals surface area contributed by atoms with Crippen molar-refractivity contribution in [2.45, 2.75) is 20.4 Å². The first kappa shape index (κ1) is 12.5. The number of nitrogens with two attached hydrogens (primary N) is 1. The van der Waals surface area contributed by atoms with E-state index < -0.39 is 0 Å². The van der Waals surface area contributed by atoms with E-state index in [1.54, 1.807) is 18.3 Å². The molecule has 0 aliphatic heterocycles. The summed E-state index contributed by atoms with van der Waals surface area (Å²) < 4.78 is 0. The second kappa shape index (κ2) is 5.10. The van der Waals surface area contributed by atoms with Crippen LogP contribution in [0.4, 0.5) is 0 Å². The summed E-state index contributed by atoms with van der Waals surface area (Å²) >= 11 is 0. The van der Waals surface area contributed by atoms with Gasteiger partial charge in [-0.25, -0.2) is 0 Å². The summed E-state index contributed by atoms with van der Waals surface area (Å²) in [5.74, 6) is 0.0216. The SMILES string of the molecule is Cc1ccc(C)c(C(=O)c2ccnc(CN)c2)c1. The van der Waals surface area contributed by atoms with Gasteiger partial charge in [0, 0.05) is 23.9 Å². The molecule has 0 spiro atoms. The zero-order chi connectivity index (χ0) is 13.1. The lowest BCUT2D eigenvalue weighted by Crippen LogP contribution is -2.07. The van der Waals surface area contributed by atoms with E-state index in [1.807, 2.05) is 32.0 Å². The zero-order valence-corrected chi connectivity index (χ0v) is 10.6. The third kappa shape index (κ3) is 2.46. The van der Waals surface area contributed by atoms with Gasteiger partial charge in [0.25, 0.3) is 0 Å². The fraction of sp³-hybridized carbons (Fsp3) is 0.200. The van der Waals surface area contributed by atoms with E-state index in [9.17, 15) is 4.79 Å². The van der Waals surface area contributed by atoms with Crippen LogP contribution in [0.3, 0.4) is 0 Å². The first-order chi connectivity index (χ1) is 8.61. The van der Waals surface area contributed by atoms with Gasteiger partial charge in [0.2, 0.25) is 0 Å². The summed E-state index contributed by atoms with van der Waals surface area (Å²) in [5, 5.41) is 0. The van der Waals surface area contributed by atoms with Gasteiger partial charge in [-0.2, -0.15) is 0 Å². The third-order valence-corrected chi connectivity index (χ3v) is 2.93. The number of hydrogen-bond donors (Lipinski definition) is 1. The molecule has 0 radical (unpaired) electrons. The van der Waals surface area contributed by atoms with Crippen LogP contribution >= 0.6 is 0 Å². The Morgan fingerprint density at radius 3 is 2.72 bits per heavy atom. The number of pyridine rings is 1. The maximum absolute atomic E-state index is 12.4. The number of ketones is 1. The minimum atomic E-state index is 0.0216. The topological polar surface area (TPSA) is 56.0 Å². The first-order valence-corrected chi connectivity index (χ1v) is 5.89. The molecule has 0 saturated heterocycles. The highest BCUT2D eigenvalue weighted by molar-refractivity contribution is 6.10. The molecule has 0 bridgehead atoms. The predicted octanol–water partition coefficient (Wildman–Crippen LogP) is 2.39. The van der Waals surface area contributed by atoms with Crippen LogP contribution in [0.15, 0.2) is 36.5 Å². The molecule has 18 heavy (non-hydrogen) atoms. The van der Waals surface area contributed by atoms with Gasteiger partial charge in [-0.3, -0.25) is 9.78 Å². The molecule has 1 heterocycles. The molecule has 1 aromatic carbocycles. The van der Waals surface area contributed by atoms with Crippen molar-refractivity contribution in [3.63, 3.8) is 0 Å². The predicted molar refractivity (Wildman–Crippen MR) is 71.5 cm³/mol. The van der Waals surface area contributed by atoms with E-state index in [4.69, 9.17) is 5.73 Å². The number of aromatic nitrogens is 1. The fourth-order valence-electron chi connectivity index (χ4n) is 1.87. The molecule has 0 fully saturated rings. The lowest BCUT2D eigenvalue weighted by molar-refractivity contribution is 0.103. The summed E-state index contributed by atoms with van der Waals surface area (Å²) in [6, 6.07) is 9.37. The van der Waals surface area contributed by atoms with Crippen molar-refractivity contribution in [2.75, 3.05) is 0 Å². The molecule has 3 nitrogen and oxygen atoms in total. The smallest absolute Gasteiger partial charge is 0.193 e. The Balaban J connectivity index is 2.44.